The van der Waals surface area contributed by atoms with Crippen LogP contribution in [-0.2, 0) is 24.8 Å². The highest BCUT2D eigenvalue weighted by atomic mass is 32.2. The molecule has 0 unspecified atom stereocenters. The quantitative estimate of drug-likeness (QED) is 0.497. The fourth-order valence-electron chi connectivity index (χ4n) is 2.90. The molecule has 0 bridgehead atoms. The summed E-state index contributed by atoms with van der Waals surface area (Å²) in [7, 11) is 3.38. The summed E-state index contributed by atoms with van der Waals surface area (Å²) in [6, 6.07) is 14.6. The van der Waals surface area contributed by atoms with Crippen molar-refractivity contribution in [2.45, 2.75) is 25.0 Å². The fourth-order valence-corrected chi connectivity index (χ4v) is 3.63. The SMILES string of the molecule is CCc1ccccc1NC(=O)CSc1nnc(CNC(=O)c2ccc(OC)cc2)n1C. The van der Waals surface area contributed by atoms with Crippen LogP contribution in [0.3, 0.4) is 0 Å². The Hall–Kier alpha value is -3.33. The highest BCUT2D eigenvalue weighted by Crippen LogP contribution is 2.19. The second kappa shape index (κ2) is 10.6. The zero-order valence-electron chi connectivity index (χ0n) is 17.7. The largest absolute Gasteiger partial charge is 0.497 e. The molecule has 3 rings (SSSR count). The Balaban J connectivity index is 1.52. The van der Waals surface area contributed by atoms with Gasteiger partial charge in [0.1, 0.15) is 5.75 Å². The van der Waals surface area contributed by atoms with E-state index in [0.717, 1.165) is 17.7 Å². The molecular weight excluding hydrogens is 414 g/mol. The minimum Gasteiger partial charge on any atom is -0.497 e. The first-order chi connectivity index (χ1) is 15.0. The maximum absolute atomic E-state index is 12.3. The Morgan fingerprint density at radius 3 is 2.55 bits per heavy atom. The van der Waals surface area contributed by atoms with Crippen LogP contribution in [0.4, 0.5) is 5.69 Å². The van der Waals surface area contributed by atoms with Gasteiger partial charge in [-0.3, -0.25) is 9.59 Å². The maximum Gasteiger partial charge on any atom is 0.251 e. The highest BCUT2D eigenvalue weighted by Gasteiger charge is 2.14. The third-order valence-electron chi connectivity index (χ3n) is 4.69. The molecule has 9 heteroatoms. The van der Waals surface area contributed by atoms with Gasteiger partial charge in [0.2, 0.25) is 5.91 Å². The van der Waals surface area contributed by atoms with E-state index in [9.17, 15) is 9.59 Å². The van der Waals surface area contributed by atoms with Gasteiger partial charge in [-0.05, 0) is 42.3 Å². The number of nitrogens with one attached hydrogen (secondary N) is 2. The predicted molar refractivity (Wildman–Crippen MR) is 120 cm³/mol. The van der Waals surface area contributed by atoms with Gasteiger partial charge in [0, 0.05) is 18.3 Å². The Bertz CT molecular complexity index is 1050. The molecule has 2 aromatic carbocycles. The molecule has 0 aliphatic heterocycles. The van der Waals surface area contributed by atoms with Gasteiger partial charge in [0.25, 0.3) is 5.91 Å². The van der Waals surface area contributed by atoms with Crippen molar-refractivity contribution in [1.82, 2.24) is 20.1 Å². The van der Waals surface area contributed by atoms with Crippen LogP contribution >= 0.6 is 11.8 Å². The molecule has 0 atom stereocenters. The van der Waals surface area contributed by atoms with Crippen LogP contribution in [-0.4, -0.2) is 39.4 Å². The number of aromatic nitrogens is 3. The minimum absolute atomic E-state index is 0.108. The summed E-state index contributed by atoms with van der Waals surface area (Å²) >= 11 is 1.29. The Morgan fingerprint density at radius 1 is 1.10 bits per heavy atom. The lowest BCUT2D eigenvalue weighted by Crippen LogP contribution is -2.24. The number of hydrogen-bond donors (Lipinski definition) is 2. The second-order valence-electron chi connectivity index (χ2n) is 6.72. The maximum atomic E-state index is 12.3. The molecule has 0 saturated carbocycles. The predicted octanol–water partition coefficient (Wildman–Crippen LogP) is 3.05. The monoisotopic (exact) mass is 439 g/mol. The van der Waals surface area contributed by atoms with E-state index in [1.54, 1.807) is 35.9 Å². The number of benzene rings is 2. The number of nitrogens with zero attached hydrogens (tertiary/aromatic N) is 3. The van der Waals surface area contributed by atoms with E-state index in [4.69, 9.17) is 4.74 Å². The highest BCUT2D eigenvalue weighted by molar-refractivity contribution is 7.99. The van der Waals surface area contributed by atoms with Crippen LogP contribution in [0, 0.1) is 0 Å². The zero-order chi connectivity index (χ0) is 22.2. The second-order valence-corrected chi connectivity index (χ2v) is 7.66. The molecule has 0 aliphatic carbocycles. The Labute approximate surface area is 185 Å². The van der Waals surface area contributed by atoms with Crippen molar-refractivity contribution < 1.29 is 14.3 Å². The van der Waals surface area contributed by atoms with Crippen LogP contribution in [0.15, 0.2) is 53.7 Å². The summed E-state index contributed by atoms with van der Waals surface area (Å²) in [5, 5.41) is 14.6. The Morgan fingerprint density at radius 2 is 1.84 bits per heavy atom. The number of rotatable bonds is 9. The number of carbonyl (C=O) groups is 2. The van der Waals surface area contributed by atoms with Gasteiger partial charge in [-0.25, -0.2) is 0 Å². The molecule has 31 heavy (non-hydrogen) atoms. The van der Waals surface area contributed by atoms with Crippen molar-refractivity contribution in [2.75, 3.05) is 18.2 Å². The van der Waals surface area contributed by atoms with Crippen molar-refractivity contribution in [3.8, 4) is 5.75 Å². The molecule has 3 aromatic rings. The van der Waals surface area contributed by atoms with Gasteiger partial charge < -0.3 is 19.9 Å². The minimum atomic E-state index is -0.214. The third-order valence-corrected chi connectivity index (χ3v) is 5.71. The van der Waals surface area contributed by atoms with Gasteiger partial charge >= 0.3 is 0 Å². The van der Waals surface area contributed by atoms with E-state index in [1.807, 2.05) is 38.2 Å². The molecule has 0 radical (unpaired) electrons. The molecule has 2 N–H and O–H groups in total. The molecule has 0 aliphatic rings. The average molecular weight is 440 g/mol. The number of aryl methyl sites for hydroxylation is 1. The Kier molecular flexibility index (Phi) is 7.66. The van der Waals surface area contributed by atoms with Crippen LogP contribution in [0.2, 0.25) is 0 Å². The molecule has 0 spiro atoms. The van der Waals surface area contributed by atoms with Gasteiger partial charge in [0.15, 0.2) is 11.0 Å². The molecular formula is C22H25N5O3S. The van der Waals surface area contributed by atoms with Crippen molar-refractivity contribution in [1.29, 1.82) is 0 Å². The molecule has 0 fully saturated rings. The summed E-state index contributed by atoms with van der Waals surface area (Å²) < 4.78 is 6.87. The van der Waals surface area contributed by atoms with Gasteiger partial charge in [-0.2, -0.15) is 0 Å². The third kappa shape index (κ3) is 5.85. The van der Waals surface area contributed by atoms with Crippen LogP contribution in [0.5, 0.6) is 5.75 Å². The smallest absolute Gasteiger partial charge is 0.251 e. The molecule has 162 valence electrons. The van der Waals surface area contributed by atoms with Crippen molar-refractivity contribution in [3.63, 3.8) is 0 Å². The lowest BCUT2D eigenvalue weighted by Gasteiger charge is -2.09. The van der Waals surface area contributed by atoms with Crippen molar-refractivity contribution in [2.24, 2.45) is 7.05 Å². The van der Waals surface area contributed by atoms with E-state index >= 15 is 0 Å². The van der Waals surface area contributed by atoms with Crippen molar-refractivity contribution >= 4 is 29.3 Å². The van der Waals surface area contributed by atoms with E-state index in [2.05, 4.69) is 20.8 Å². The summed E-state index contributed by atoms with van der Waals surface area (Å²) in [5.41, 5.74) is 2.45. The molecule has 2 amide bonds. The number of methoxy groups -OCH3 is 1. The number of hydrogen-bond acceptors (Lipinski definition) is 6. The first-order valence-corrected chi connectivity index (χ1v) is 10.8. The van der Waals surface area contributed by atoms with Crippen molar-refractivity contribution in [3.05, 3.63) is 65.5 Å². The fraction of sp³-hybridized carbons (Fsp3) is 0.273. The number of amides is 2. The van der Waals surface area contributed by atoms with Gasteiger partial charge in [-0.1, -0.05) is 36.9 Å². The molecule has 1 aromatic heterocycles. The molecule has 8 nitrogen and oxygen atoms in total. The lowest BCUT2D eigenvalue weighted by molar-refractivity contribution is -0.113. The first kappa shape index (κ1) is 22.4. The number of para-hydroxylation sites is 1. The van der Waals surface area contributed by atoms with Gasteiger partial charge in [-0.15, -0.1) is 10.2 Å². The zero-order valence-corrected chi connectivity index (χ0v) is 18.5. The summed E-state index contributed by atoms with van der Waals surface area (Å²) in [6.45, 7) is 2.28. The topological polar surface area (TPSA) is 98.1 Å². The summed E-state index contributed by atoms with van der Waals surface area (Å²) in [5.74, 6) is 1.18. The summed E-state index contributed by atoms with van der Waals surface area (Å²) in [6.07, 6.45) is 0.846. The molecule has 1 heterocycles. The number of anilines is 1. The van der Waals surface area contributed by atoms with Crippen LogP contribution in [0.25, 0.3) is 0 Å². The molecule has 0 saturated heterocycles. The normalized spacial score (nSPS) is 10.5. The summed E-state index contributed by atoms with van der Waals surface area (Å²) in [4.78, 5) is 24.6. The number of carbonyl (C=O) groups excluding carboxylic acids is 2. The number of ether oxygens (including phenoxy) is 1. The standard InChI is InChI=1S/C22H25N5O3S/c1-4-15-7-5-6-8-18(15)24-20(28)14-31-22-26-25-19(27(22)2)13-23-21(29)16-9-11-17(30-3)12-10-16/h5-12H,4,13-14H2,1-3H3,(H,23,29)(H,24,28). The van der Waals surface area contributed by atoms with E-state index in [0.29, 0.717) is 22.3 Å². The van der Waals surface area contributed by atoms with Gasteiger partial charge in [0.05, 0.1) is 19.4 Å². The lowest BCUT2D eigenvalue weighted by atomic mass is 10.1. The van der Waals surface area contributed by atoms with Crippen LogP contribution in [0.1, 0.15) is 28.7 Å². The van der Waals surface area contributed by atoms with E-state index in [1.165, 1.54) is 11.8 Å². The average Bonchev–Trinajstić information content (AvgIpc) is 3.15. The van der Waals surface area contributed by atoms with Crippen LogP contribution < -0.4 is 15.4 Å². The first-order valence-electron chi connectivity index (χ1n) is 9.83. The van der Waals surface area contributed by atoms with E-state index in [-0.39, 0.29) is 24.1 Å². The van der Waals surface area contributed by atoms with E-state index < -0.39 is 0 Å². The number of thioether (sulfide) groups is 1.